The largest absolute Gasteiger partial charge is 0.496 e. The minimum absolute atomic E-state index is 0.0675. The number of methoxy groups -OCH3 is 1. The van der Waals surface area contributed by atoms with Crippen LogP contribution in [0.15, 0.2) is 53.1 Å². The molecule has 1 unspecified atom stereocenters. The molecule has 1 aliphatic heterocycles. The number of carbonyl (C=O) groups is 1. The van der Waals surface area contributed by atoms with Crippen molar-refractivity contribution in [3.63, 3.8) is 0 Å². The zero-order chi connectivity index (χ0) is 23.5. The Labute approximate surface area is 194 Å². The third-order valence-corrected chi connectivity index (χ3v) is 6.04. The van der Waals surface area contributed by atoms with Gasteiger partial charge in [-0.3, -0.25) is 4.79 Å². The molecular weight excluding hydrogens is 416 g/mol. The lowest BCUT2D eigenvalue weighted by atomic mass is 9.96. The summed E-state index contributed by atoms with van der Waals surface area (Å²) in [5.74, 6) is 1.77. The highest BCUT2D eigenvalue weighted by atomic mass is 16.5. The van der Waals surface area contributed by atoms with Crippen LogP contribution >= 0.6 is 0 Å². The third kappa shape index (κ3) is 4.29. The third-order valence-electron chi connectivity index (χ3n) is 6.04. The molecule has 1 amide bonds. The second-order valence-corrected chi connectivity index (χ2v) is 8.53. The molecule has 1 atom stereocenters. The molecule has 0 radical (unpaired) electrons. The van der Waals surface area contributed by atoms with E-state index < -0.39 is 0 Å². The number of rotatable bonds is 5. The fourth-order valence-electron chi connectivity index (χ4n) is 4.26. The first kappa shape index (κ1) is 22.4. The van der Waals surface area contributed by atoms with Crippen molar-refractivity contribution >= 4 is 11.7 Å². The van der Waals surface area contributed by atoms with Crippen molar-refractivity contribution in [2.45, 2.75) is 32.7 Å². The van der Waals surface area contributed by atoms with Crippen LogP contribution in [-0.2, 0) is 0 Å². The van der Waals surface area contributed by atoms with Gasteiger partial charge in [-0.2, -0.15) is 5.26 Å². The molecule has 1 saturated heterocycles. The van der Waals surface area contributed by atoms with E-state index in [4.69, 9.17) is 14.1 Å². The van der Waals surface area contributed by atoms with Gasteiger partial charge in [-0.1, -0.05) is 32.0 Å². The molecule has 7 nitrogen and oxygen atoms in total. The molecule has 0 saturated carbocycles. The van der Waals surface area contributed by atoms with Gasteiger partial charge in [0.1, 0.15) is 23.2 Å². The summed E-state index contributed by atoms with van der Waals surface area (Å²) in [7, 11) is 1.63. The number of nitrogens with zero attached hydrogens (tertiary/aromatic N) is 4. The van der Waals surface area contributed by atoms with E-state index in [0.717, 1.165) is 16.8 Å². The highest BCUT2D eigenvalue weighted by Crippen LogP contribution is 2.37. The van der Waals surface area contributed by atoms with E-state index in [2.05, 4.69) is 24.8 Å². The summed E-state index contributed by atoms with van der Waals surface area (Å²) in [5.41, 5.74) is 3.10. The fourth-order valence-corrected chi connectivity index (χ4v) is 4.26. The summed E-state index contributed by atoms with van der Waals surface area (Å²) in [6.45, 7) is 7.85. The van der Waals surface area contributed by atoms with E-state index in [9.17, 15) is 10.1 Å². The number of aromatic nitrogens is 1. The van der Waals surface area contributed by atoms with Gasteiger partial charge >= 0.3 is 0 Å². The molecule has 3 heterocycles. The van der Waals surface area contributed by atoms with Gasteiger partial charge in [-0.15, -0.1) is 0 Å². The number of amides is 1. The number of para-hydroxylation sites is 1. The number of hydrogen-bond donors (Lipinski definition) is 0. The summed E-state index contributed by atoms with van der Waals surface area (Å²) in [6, 6.07) is 15.4. The van der Waals surface area contributed by atoms with Gasteiger partial charge in [0.2, 0.25) is 0 Å². The number of benzene rings is 1. The molecule has 2 aromatic heterocycles. The molecular formula is C26H28N4O3. The first-order valence-corrected chi connectivity index (χ1v) is 11.1. The standard InChI is InChI=1S/C26H28N4O3/c1-17(2)22-14-20(19-8-5-6-9-23(19)32-4)21(15-27)25(28-22)29-11-12-30(18(3)16-29)26(31)24-10-7-13-33-24/h5-10,13-14,17-18H,11-12,16H2,1-4H3. The SMILES string of the molecule is COc1ccccc1-c1cc(C(C)C)nc(N2CCN(C(=O)c3ccco3)C(C)C2)c1C#N. The number of carbonyl (C=O) groups excluding carboxylic acids is 1. The van der Waals surface area contributed by atoms with Crippen LogP contribution in [0.2, 0.25) is 0 Å². The highest BCUT2D eigenvalue weighted by molar-refractivity contribution is 5.92. The number of piperazine rings is 1. The minimum Gasteiger partial charge on any atom is -0.496 e. The Morgan fingerprint density at radius 2 is 2.00 bits per heavy atom. The Bertz CT molecular complexity index is 1180. The van der Waals surface area contributed by atoms with Crippen molar-refractivity contribution < 1.29 is 13.9 Å². The Hall–Kier alpha value is -3.79. The molecule has 1 fully saturated rings. The molecule has 33 heavy (non-hydrogen) atoms. The van der Waals surface area contributed by atoms with Crippen molar-refractivity contribution in [2.24, 2.45) is 0 Å². The van der Waals surface area contributed by atoms with Crippen LogP contribution < -0.4 is 9.64 Å². The monoisotopic (exact) mass is 444 g/mol. The Morgan fingerprint density at radius 3 is 2.64 bits per heavy atom. The van der Waals surface area contributed by atoms with Crippen molar-refractivity contribution in [3.8, 4) is 22.9 Å². The number of furan rings is 1. The van der Waals surface area contributed by atoms with Gasteiger partial charge in [0.05, 0.1) is 13.4 Å². The number of anilines is 1. The van der Waals surface area contributed by atoms with E-state index in [0.29, 0.717) is 42.5 Å². The second kappa shape index (κ2) is 9.37. The molecule has 3 aromatic rings. The summed E-state index contributed by atoms with van der Waals surface area (Å²) >= 11 is 0. The summed E-state index contributed by atoms with van der Waals surface area (Å²) in [6.07, 6.45) is 1.51. The van der Waals surface area contributed by atoms with Crippen LogP contribution in [0.3, 0.4) is 0 Å². The van der Waals surface area contributed by atoms with Gasteiger partial charge < -0.3 is 19.0 Å². The van der Waals surface area contributed by atoms with Crippen LogP contribution in [0.5, 0.6) is 5.75 Å². The molecule has 170 valence electrons. The highest BCUT2D eigenvalue weighted by Gasteiger charge is 2.32. The number of pyridine rings is 1. The molecule has 1 aromatic carbocycles. The topological polar surface area (TPSA) is 82.6 Å². The smallest absolute Gasteiger partial charge is 0.289 e. The average Bonchev–Trinajstić information content (AvgIpc) is 3.37. The zero-order valence-electron chi connectivity index (χ0n) is 19.4. The van der Waals surface area contributed by atoms with Gasteiger partial charge in [-0.05, 0) is 37.1 Å². The number of nitriles is 1. The van der Waals surface area contributed by atoms with Gasteiger partial charge in [0.25, 0.3) is 5.91 Å². The predicted octanol–water partition coefficient (Wildman–Crippen LogP) is 4.70. The number of hydrogen-bond acceptors (Lipinski definition) is 6. The summed E-state index contributed by atoms with van der Waals surface area (Å²) in [4.78, 5) is 21.7. The zero-order valence-corrected chi connectivity index (χ0v) is 19.4. The fraction of sp³-hybridized carbons (Fsp3) is 0.346. The lowest BCUT2D eigenvalue weighted by molar-refractivity contribution is 0.0641. The van der Waals surface area contributed by atoms with E-state index in [1.807, 2.05) is 42.2 Å². The first-order valence-electron chi connectivity index (χ1n) is 11.1. The van der Waals surface area contributed by atoms with Crippen molar-refractivity contribution in [2.75, 3.05) is 31.6 Å². The first-order chi connectivity index (χ1) is 15.9. The van der Waals surface area contributed by atoms with E-state index in [1.165, 1.54) is 6.26 Å². The molecule has 0 spiro atoms. The minimum atomic E-state index is -0.119. The average molecular weight is 445 g/mol. The maximum atomic E-state index is 12.8. The van der Waals surface area contributed by atoms with E-state index in [1.54, 1.807) is 19.2 Å². The molecule has 4 rings (SSSR count). The van der Waals surface area contributed by atoms with E-state index in [-0.39, 0.29) is 17.9 Å². The van der Waals surface area contributed by atoms with Crippen LogP contribution in [0.1, 0.15) is 48.5 Å². The van der Waals surface area contributed by atoms with Crippen molar-refractivity contribution in [3.05, 3.63) is 65.7 Å². The Balaban J connectivity index is 1.73. The maximum absolute atomic E-state index is 12.8. The lowest BCUT2D eigenvalue weighted by Gasteiger charge is -2.40. The Morgan fingerprint density at radius 1 is 1.21 bits per heavy atom. The van der Waals surface area contributed by atoms with Crippen LogP contribution in [-0.4, -0.2) is 48.6 Å². The predicted molar refractivity (Wildman–Crippen MR) is 126 cm³/mol. The molecule has 0 N–H and O–H groups in total. The van der Waals surface area contributed by atoms with Gasteiger partial charge in [0, 0.05) is 42.5 Å². The molecule has 7 heteroatoms. The molecule has 1 aliphatic rings. The maximum Gasteiger partial charge on any atom is 0.289 e. The second-order valence-electron chi connectivity index (χ2n) is 8.53. The number of ether oxygens (including phenoxy) is 1. The summed E-state index contributed by atoms with van der Waals surface area (Å²) < 4.78 is 10.9. The van der Waals surface area contributed by atoms with Crippen LogP contribution in [0.4, 0.5) is 5.82 Å². The van der Waals surface area contributed by atoms with E-state index >= 15 is 0 Å². The normalized spacial score (nSPS) is 16.1. The quantitative estimate of drug-likeness (QED) is 0.567. The van der Waals surface area contributed by atoms with Crippen molar-refractivity contribution in [1.82, 2.24) is 9.88 Å². The summed E-state index contributed by atoms with van der Waals surface area (Å²) in [5, 5.41) is 10.2. The van der Waals surface area contributed by atoms with Crippen LogP contribution in [0, 0.1) is 11.3 Å². The Kier molecular flexibility index (Phi) is 6.36. The van der Waals surface area contributed by atoms with Gasteiger partial charge in [0.15, 0.2) is 5.76 Å². The van der Waals surface area contributed by atoms with Gasteiger partial charge in [-0.25, -0.2) is 4.98 Å². The van der Waals surface area contributed by atoms with Crippen LogP contribution in [0.25, 0.3) is 11.1 Å². The van der Waals surface area contributed by atoms with Crippen molar-refractivity contribution in [1.29, 1.82) is 5.26 Å². The molecule has 0 bridgehead atoms. The molecule has 0 aliphatic carbocycles. The lowest BCUT2D eigenvalue weighted by Crippen LogP contribution is -2.54.